The first-order chi connectivity index (χ1) is 8.41. The van der Waals surface area contributed by atoms with Gasteiger partial charge in [0.1, 0.15) is 12.4 Å². The van der Waals surface area contributed by atoms with Crippen LogP contribution in [0.25, 0.3) is 0 Å². The molecule has 0 fully saturated rings. The number of benzene rings is 1. The molecular weight excluding hydrogens is 226 g/mol. The smallest absolute Gasteiger partial charge is 0.160 e. The third kappa shape index (κ3) is 2.29. The van der Waals surface area contributed by atoms with E-state index < -0.39 is 6.10 Å². The lowest BCUT2D eigenvalue weighted by Crippen LogP contribution is -2.18. The van der Waals surface area contributed by atoms with E-state index in [1.165, 1.54) is 6.33 Å². The normalized spacial score (nSPS) is 13.6. The molecule has 2 rings (SSSR count). The molecule has 0 aliphatic heterocycles. The number of rotatable bonds is 2. The maximum Gasteiger partial charge on any atom is 0.160 e. The highest BCUT2D eigenvalue weighted by molar-refractivity contribution is 5.36. The van der Waals surface area contributed by atoms with E-state index in [-0.39, 0.29) is 5.41 Å². The predicted molar refractivity (Wildman–Crippen MR) is 70.2 cm³/mol. The minimum Gasteiger partial charge on any atom is -0.380 e. The quantitative estimate of drug-likeness (QED) is 0.882. The van der Waals surface area contributed by atoms with Crippen LogP contribution in [-0.4, -0.2) is 19.9 Å². The fourth-order valence-electron chi connectivity index (χ4n) is 2.11. The lowest BCUT2D eigenvalue weighted by molar-refractivity contribution is 0.202. The van der Waals surface area contributed by atoms with Crippen LogP contribution >= 0.6 is 0 Å². The molecule has 1 atom stereocenters. The van der Waals surface area contributed by atoms with Gasteiger partial charge in [0.2, 0.25) is 0 Å². The summed E-state index contributed by atoms with van der Waals surface area (Å²) in [5, 5.41) is 14.5. The lowest BCUT2D eigenvalue weighted by atomic mass is 9.82. The van der Waals surface area contributed by atoms with E-state index in [1.54, 1.807) is 11.7 Å². The molecule has 0 aliphatic carbocycles. The van der Waals surface area contributed by atoms with Crippen LogP contribution in [0, 0.1) is 0 Å². The minimum atomic E-state index is -0.743. The Morgan fingerprint density at radius 1 is 1.22 bits per heavy atom. The van der Waals surface area contributed by atoms with Gasteiger partial charge in [0, 0.05) is 7.05 Å². The van der Waals surface area contributed by atoms with E-state index in [0.29, 0.717) is 5.82 Å². The molecule has 4 heteroatoms. The third-order valence-corrected chi connectivity index (χ3v) is 3.05. The Kier molecular flexibility index (Phi) is 3.22. The maximum absolute atomic E-state index is 10.5. The van der Waals surface area contributed by atoms with Gasteiger partial charge < -0.3 is 5.11 Å². The molecule has 4 nitrogen and oxygen atoms in total. The van der Waals surface area contributed by atoms with E-state index in [9.17, 15) is 5.11 Å². The number of nitrogens with zero attached hydrogens (tertiary/aromatic N) is 3. The van der Waals surface area contributed by atoms with Gasteiger partial charge in [-0.3, -0.25) is 4.68 Å². The fourth-order valence-corrected chi connectivity index (χ4v) is 2.11. The molecule has 2 aromatic rings. The lowest BCUT2D eigenvalue weighted by Gasteiger charge is -2.24. The Balaban J connectivity index is 2.49. The Morgan fingerprint density at radius 2 is 1.89 bits per heavy atom. The average molecular weight is 245 g/mol. The summed E-state index contributed by atoms with van der Waals surface area (Å²) in [5.41, 5.74) is 2.00. The third-order valence-electron chi connectivity index (χ3n) is 3.05. The minimum absolute atomic E-state index is 0.0177. The largest absolute Gasteiger partial charge is 0.380 e. The second-order valence-corrected chi connectivity index (χ2v) is 5.48. The molecule has 18 heavy (non-hydrogen) atoms. The van der Waals surface area contributed by atoms with Crippen molar-refractivity contribution in [2.24, 2.45) is 7.05 Å². The summed E-state index contributed by atoms with van der Waals surface area (Å²) in [6.07, 6.45) is 0.714. The van der Waals surface area contributed by atoms with Crippen molar-refractivity contribution in [1.29, 1.82) is 0 Å². The molecule has 0 radical (unpaired) electrons. The second-order valence-electron chi connectivity index (χ2n) is 5.48. The second kappa shape index (κ2) is 4.53. The Morgan fingerprint density at radius 3 is 2.44 bits per heavy atom. The van der Waals surface area contributed by atoms with E-state index >= 15 is 0 Å². The van der Waals surface area contributed by atoms with Crippen molar-refractivity contribution in [3.05, 3.63) is 47.5 Å². The molecule has 0 aliphatic rings. The van der Waals surface area contributed by atoms with Crippen LogP contribution < -0.4 is 0 Å². The molecule has 0 spiro atoms. The van der Waals surface area contributed by atoms with E-state index in [2.05, 4.69) is 36.9 Å². The summed E-state index contributed by atoms with van der Waals surface area (Å²) in [6.45, 7) is 6.40. The van der Waals surface area contributed by atoms with Crippen molar-refractivity contribution in [2.75, 3.05) is 0 Å². The molecule has 1 heterocycles. The molecule has 1 aromatic carbocycles. The van der Waals surface area contributed by atoms with Gasteiger partial charge in [0.25, 0.3) is 0 Å². The zero-order valence-corrected chi connectivity index (χ0v) is 11.3. The molecule has 1 aromatic heterocycles. The molecule has 0 saturated heterocycles. The Hall–Kier alpha value is -1.68. The number of aromatic nitrogens is 3. The van der Waals surface area contributed by atoms with Crippen LogP contribution in [0.15, 0.2) is 30.6 Å². The standard InChI is InChI=1S/C14H19N3O/c1-14(2,3)11-8-6-5-7-10(11)12(18)13-15-9-16-17(13)4/h5-9,12,18H,1-4H3. The highest BCUT2D eigenvalue weighted by atomic mass is 16.3. The Bertz CT molecular complexity index is 540. The topological polar surface area (TPSA) is 50.9 Å². The maximum atomic E-state index is 10.5. The summed E-state index contributed by atoms with van der Waals surface area (Å²) < 4.78 is 1.60. The van der Waals surface area contributed by atoms with Crippen molar-refractivity contribution in [3.63, 3.8) is 0 Å². The number of hydrogen-bond acceptors (Lipinski definition) is 3. The highest BCUT2D eigenvalue weighted by Gasteiger charge is 2.24. The van der Waals surface area contributed by atoms with Crippen LogP contribution in [0.4, 0.5) is 0 Å². The molecule has 1 unspecified atom stereocenters. The molecule has 0 amide bonds. The van der Waals surface area contributed by atoms with Crippen molar-refractivity contribution >= 4 is 0 Å². The summed E-state index contributed by atoms with van der Waals surface area (Å²) in [5.74, 6) is 0.562. The zero-order chi connectivity index (χ0) is 13.3. The molecule has 96 valence electrons. The van der Waals surface area contributed by atoms with E-state index in [4.69, 9.17) is 0 Å². The number of aryl methyl sites for hydroxylation is 1. The molecule has 1 N–H and O–H groups in total. The Labute approximate surface area is 107 Å². The first-order valence-electron chi connectivity index (χ1n) is 6.02. The number of aliphatic hydroxyl groups is 1. The van der Waals surface area contributed by atoms with Crippen LogP contribution in [-0.2, 0) is 12.5 Å². The summed E-state index contributed by atoms with van der Waals surface area (Å²) >= 11 is 0. The van der Waals surface area contributed by atoms with Crippen molar-refractivity contribution < 1.29 is 5.11 Å². The van der Waals surface area contributed by atoms with Gasteiger partial charge >= 0.3 is 0 Å². The highest BCUT2D eigenvalue weighted by Crippen LogP contribution is 2.31. The van der Waals surface area contributed by atoms with Gasteiger partial charge in [-0.05, 0) is 16.5 Å². The average Bonchev–Trinajstić information content (AvgIpc) is 2.73. The molecular formula is C14H19N3O. The van der Waals surface area contributed by atoms with E-state index in [0.717, 1.165) is 11.1 Å². The first kappa shape index (κ1) is 12.8. The van der Waals surface area contributed by atoms with E-state index in [1.807, 2.05) is 18.2 Å². The fraction of sp³-hybridized carbons (Fsp3) is 0.429. The summed E-state index contributed by atoms with van der Waals surface area (Å²) in [4.78, 5) is 4.12. The SMILES string of the molecule is Cn1ncnc1C(O)c1ccccc1C(C)(C)C. The number of aliphatic hydroxyl groups excluding tert-OH is 1. The first-order valence-corrected chi connectivity index (χ1v) is 6.02. The monoisotopic (exact) mass is 245 g/mol. The van der Waals surface area contributed by atoms with Crippen LogP contribution in [0.3, 0.4) is 0 Å². The molecule has 0 saturated carbocycles. The van der Waals surface area contributed by atoms with Crippen LogP contribution in [0.2, 0.25) is 0 Å². The van der Waals surface area contributed by atoms with Crippen molar-refractivity contribution in [2.45, 2.75) is 32.3 Å². The zero-order valence-electron chi connectivity index (χ0n) is 11.3. The number of hydrogen-bond donors (Lipinski definition) is 1. The van der Waals surface area contributed by atoms with Gasteiger partial charge in [-0.2, -0.15) is 5.10 Å². The van der Waals surface area contributed by atoms with Crippen LogP contribution in [0.5, 0.6) is 0 Å². The van der Waals surface area contributed by atoms with Crippen LogP contribution in [0.1, 0.15) is 43.8 Å². The van der Waals surface area contributed by atoms with Gasteiger partial charge in [-0.15, -0.1) is 0 Å². The van der Waals surface area contributed by atoms with Gasteiger partial charge in [0.15, 0.2) is 5.82 Å². The summed E-state index contributed by atoms with van der Waals surface area (Å²) in [7, 11) is 1.78. The molecule has 0 bridgehead atoms. The predicted octanol–water partition coefficient (Wildman–Crippen LogP) is 2.19. The van der Waals surface area contributed by atoms with Gasteiger partial charge in [-0.1, -0.05) is 45.0 Å². The van der Waals surface area contributed by atoms with Gasteiger partial charge in [-0.25, -0.2) is 4.98 Å². The van der Waals surface area contributed by atoms with Gasteiger partial charge in [0.05, 0.1) is 0 Å². The van der Waals surface area contributed by atoms with Crippen molar-refractivity contribution in [1.82, 2.24) is 14.8 Å². The van der Waals surface area contributed by atoms with Crippen molar-refractivity contribution in [3.8, 4) is 0 Å². The summed E-state index contributed by atoms with van der Waals surface area (Å²) in [6, 6.07) is 7.92.